The quantitative estimate of drug-likeness (QED) is 0.613. The lowest BCUT2D eigenvalue weighted by Gasteiger charge is -2.34. The number of amides is 1. The van der Waals surface area contributed by atoms with Crippen LogP contribution in [0.1, 0.15) is 34.6 Å². The van der Waals surface area contributed by atoms with Gasteiger partial charge < -0.3 is 15.2 Å². The third-order valence-corrected chi connectivity index (χ3v) is 6.66. The number of pyridine rings is 1. The van der Waals surface area contributed by atoms with E-state index in [9.17, 15) is 9.59 Å². The number of piperidine rings is 1. The van der Waals surface area contributed by atoms with E-state index in [1.54, 1.807) is 20.2 Å². The topological polar surface area (TPSA) is 83.0 Å². The van der Waals surface area contributed by atoms with Gasteiger partial charge in [-0.1, -0.05) is 18.3 Å². The minimum absolute atomic E-state index is 0.165. The molecule has 2 N–H and O–H groups in total. The first-order chi connectivity index (χ1) is 14.9. The molecule has 2 aromatic heterocycles. The second kappa shape index (κ2) is 8.63. The second-order valence-corrected chi connectivity index (χ2v) is 8.58. The molecule has 1 aromatic carbocycles. The lowest BCUT2D eigenvalue weighted by Crippen LogP contribution is -2.35. The summed E-state index contributed by atoms with van der Waals surface area (Å²) in [6.45, 7) is 3.88. The first kappa shape index (κ1) is 21.2. The number of carbonyl (C=O) groups excluding carboxylic acids is 1. The molecule has 31 heavy (non-hydrogen) atoms. The van der Waals surface area contributed by atoms with Crippen LogP contribution in [0, 0.1) is 17.5 Å². The molecule has 1 aliphatic heterocycles. The maximum absolute atomic E-state index is 12.0. The van der Waals surface area contributed by atoms with Gasteiger partial charge in [-0.15, -0.1) is 0 Å². The fourth-order valence-electron chi connectivity index (χ4n) is 4.33. The van der Waals surface area contributed by atoms with Gasteiger partial charge in [-0.25, -0.2) is 9.78 Å². The number of hydrogen-bond acceptors (Lipinski definition) is 5. The van der Waals surface area contributed by atoms with Crippen molar-refractivity contribution in [2.24, 2.45) is 13.0 Å². The summed E-state index contributed by atoms with van der Waals surface area (Å²) in [4.78, 5) is 33.6. The molecule has 0 radical (unpaired) electrons. The molecular weight excluding hydrogens is 410 g/mol. The van der Waals surface area contributed by atoms with Gasteiger partial charge in [0.2, 0.25) is 0 Å². The number of nitrogens with zero attached hydrogens (tertiary/aromatic N) is 3. The maximum Gasteiger partial charge on any atom is 0.326 e. The number of aromatic nitrogens is 3. The minimum atomic E-state index is -0.186. The predicted molar refractivity (Wildman–Crippen MR) is 125 cm³/mol. The molecule has 0 aliphatic carbocycles. The number of carbonyl (C=O) groups is 1. The first-order valence-corrected chi connectivity index (χ1v) is 10.9. The van der Waals surface area contributed by atoms with E-state index in [1.807, 2.05) is 19.1 Å². The number of aromatic amines is 1. The Bertz CT molecular complexity index is 1260. The lowest BCUT2D eigenvalue weighted by molar-refractivity contribution is 0.0958. The number of H-pyrrole nitrogens is 1. The summed E-state index contributed by atoms with van der Waals surface area (Å²) < 4.78 is 2.02. The van der Waals surface area contributed by atoms with Crippen molar-refractivity contribution in [2.75, 3.05) is 25.0 Å². The summed E-state index contributed by atoms with van der Waals surface area (Å²) in [6.07, 6.45) is 3.15. The van der Waals surface area contributed by atoms with Crippen LogP contribution in [0.2, 0.25) is 0 Å². The van der Waals surface area contributed by atoms with Gasteiger partial charge >= 0.3 is 5.69 Å². The Labute approximate surface area is 186 Å². The van der Waals surface area contributed by atoms with Crippen LogP contribution in [0.5, 0.6) is 0 Å². The number of anilines is 1. The van der Waals surface area contributed by atoms with E-state index in [0.29, 0.717) is 16.3 Å². The number of nitrogens with one attached hydrogen (secondary N) is 2. The number of rotatable bonds is 4. The molecule has 1 saturated heterocycles. The van der Waals surface area contributed by atoms with Crippen LogP contribution in [0.15, 0.2) is 35.1 Å². The Morgan fingerprint density at radius 1 is 1.26 bits per heavy atom. The summed E-state index contributed by atoms with van der Waals surface area (Å²) in [5.74, 6) is 0.420. The lowest BCUT2D eigenvalue weighted by atomic mass is 9.89. The van der Waals surface area contributed by atoms with E-state index in [4.69, 9.17) is 12.2 Å². The summed E-state index contributed by atoms with van der Waals surface area (Å²) in [5.41, 5.74) is 4.27. The van der Waals surface area contributed by atoms with Crippen LogP contribution >= 0.6 is 12.2 Å². The molecule has 0 bridgehead atoms. The van der Waals surface area contributed by atoms with Gasteiger partial charge in [0.1, 0.15) is 10.3 Å². The fourth-order valence-corrected chi connectivity index (χ4v) is 4.59. The zero-order valence-electron chi connectivity index (χ0n) is 18.1. The third-order valence-electron chi connectivity index (χ3n) is 6.16. The van der Waals surface area contributed by atoms with Crippen molar-refractivity contribution in [1.29, 1.82) is 0 Å². The monoisotopic (exact) mass is 437 g/mol. The van der Waals surface area contributed by atoms with E-state index in [0.717, 1.165) is 54.6 Å². The third kappa shape index (κ3) is 4.25. The molecule has 1 amide bonds. The maximum atomic E-state index is 12.0. The SMILES string of the molecule is CNC(=O)c1ccc(N2CCC(Cc3ccc4c(=S)n(C)c(=O)[nH]c4c3)CC2)c(C)n1. The van der Waals surface area contributed by atoms with E-state index >= 15 is 0 Å². The smallest absolute Gasteiger partial charge is 0.326 e. The number of benzene rings is 1. The molecule has 1 aliphatic rings. The number of aryl methyl sites for hydroxylation is 1. The standard InChI is InChI=1S/C23H27N5O2S/c1-14-20(7-6-18(25-14)21(29)24-2)28-10-8-15(9-11-28)12-16-4-5-17-19(13-16)26-23(30)27(3)22(17)31/h4-7,13,15H,8-12H2,1-3H3,(H,24,29)(H,26,30). The van der Waals surface area contributed by atoms with Crippen molar-refractivity contribution >= 4 is 34.7 Å². The van der Waals surface area contributed by atoms with E-state index < -0.39 is 0 Å². The molecule has 0 unspecified atom stereocenters. The van der Waals surface area contributed by atoms with Crippen LogP contribution in [0.25, 0.3) is 10.9 Å². The largest absolute Gasteiger partial charge is 0.370 e. The Hall–Kier alpha value is -3.00. The van der Waals surface area contributed by atoms with Crippen molar-refractivity contribution in [3.8, 4) is 0 Å². The fraction of sp³-hybridized carbons (Fsp3) is 0.391. The Morgan fingerprint density at radius 3 is 2.68 bits per heavy atom. The molecule has 4 rings (SSSR count). The molecule has 3 aromatic rings. The molecule has 8 heteroatoms. The van der Waals surface area contributed by atoms with Gasteiger partial charge in [0.25, 0.3) is 5.91 Å². The predicted octanol–water partition coefficient (Wildman–Crippen LogP) is 3.12. The Kier molecular flexibility index (Phi) is 5.91. The molecule has 3 heterocycles. The Morgan fingerprint density at radius 2 is 2.00 bits per heavy atom. The van der Waals surface area contributed by atoms with E-state index in [2.05, 4.69) is 32.3 Å². The van der Waals surface area contributed by atoms with Crippen LogP contribution < -0.4 is 15.9 Å². The highest BCUT2D eigenvalue weighted by atomic mass is 32.1. The first-order valence-electron chi connectivity index (χ1n) is 10.5. The molecule has 0 saturated carbocycles. The van der Waals surface area contributed by atoms with Crippen molar-refractivity contribution in [3.05, 3.63) is 62.4 Å². The van der Waals surface area contributed by atoms with Gasteiger partial charge in [0, 0.05) is 32.6 Å². The van der Waals surface area contributed by atoms with Crippen molar-refractivity contribution in [3.63, 3.8) is 0 Å². The molecule has 0 atom stereocenters. The molecule has 162 valence electrons. The Balaban J connectivity index is 1.44. The average Bonchev–Trinajstić information content (AvgIpc) is 2.77. The second-order valence-electron chi connectivity index (χ2n) is 8.19. The van der Waals surface area contributed by atoms with Gasteiger partial charge in [0.15, 0.2) is 0 Å². The highest BCUT2D eigenvalue weighted by Crippen LogP contribution is 2.28. The van der Waals surface area contributed by atoms with Gasteiger partial charge in [-0.2, -0.15) is 0 Å². The van der Waals surface area contributed by atoms with Crippen LogP contribution in [0.4, 0.5) is 5.69 Å². The molecule has 0 spiro atoms. The van der Waals surface area contributed by atoms with Crippen molar-refractivity contribution in [2.45, 2.75) is 26.2 Å². The van der Waals surface area contributed by atoms with Gasteiger partial charge in [-0.3, -0.25) is 9.36 Å². The average molecular weight is 438 g/mol. The number of hydrogen-bond donors (Lipinski definition) is 2. The zero-order valence-corrected chi connectivity index (χ0v) is 18.9. The van der Waals surface area contributed by atoms with Crippen LogP contribution in [-0.2, 0) is 13.5 Å². The van der Waals surface area contributed by atoms with Gasteiger partial charge in [0.05, 0.1) is 16.9 Å². The number of fused-ring (bicyclic) bond motifs is 1. The van der Waals surface area contributed by atoms with Gasteiger partial charge in [-0.05, 0) is 61.9 Å². The zero-order chi connectivity index (χ0) is 22.1. The normalized spacial score (nSPS) is 14.7. The highest BCUT2D eigenvalue weighted by Gasteiger charge is 2.22. The molecule has 1 fully saturated rings. The molecular formula is C23H27N5O2S. The van der Waals surface area contributed by atoms with E-state index in [1.165, 1.54) is 10.1 Å². The summed E-state index contributed by atoms with van der Waals surface area (Å²) in [5, 5.41) is 3.52. The summed E-state index contributed by atoms with van der Waals surface area (Å²) in [7, 11) is 3.30. The van der Waals surface area contributed by atoms with Crippen LogP contribution in [-0.4, -0.2) is 40.6 Å². The van der Waals surface area contributed by atoms with Crippen molar-refractivity contribution < 1.29 is 4.79 Å². The van der Waals surface area contributed by atoms with Crippen molar-refractivity contribution in [1.82, 2.24) is 19.9 Å². The highest BCUT2D eigenvalue weighted by molar-refractivity contribution is 7.71. The van der Waals surface area contributed by atoms with E-state index in [-0.39, 0.29) is 11.6 Å². The molecule has 7 nitrogen and oxygen atoms in total. The summed E-state index contributed by atoms with van der Waals surface area (Å²) >= 11 is 5.40. The van der Waals surface area contributed by atoms with Crippen LogP contribution in [0.3, 0.4) is 0 Å². The summed E-state index contributed by atoms with van der Waals surface area (Å²) in [6, 6.07) is 9.98. The minimum Gasteiger partial charge on any atom is -0.370 e.